The summed E-state index contributed by atoms with van der Waals surface area (Å²) in [6.45, 7) is 2.28. The van der Waals surface area contributed by atoms with Crippen molar-refractivity contribution in [2.75, 3.05) is 11.1 Å². The van der Waals surface area contributed by atoms with Gasteiger partial charge in [-0.1, -0.05) is 13.3 Å². The molecule has 1 aromatic rings. The van der Waals surface area contributed by atoms with Gasteiger partial charge in [0.25, 0.3) is 0 Å². The summed E-state index contributed by atoms with van der Waals surface area (Å²) in [4.78, 5) is 0. The fourth-order valence-electron chi connectivity index (χ4n) is 2.34. The molecule has 0 amide bonds. The molecule has 1 aromatic heterocycles. The number of hydrogen-bond donors (Lipinski definition) is 2. The normalized spacial score (nSPS) is 25.3. The molecule has 0 aliphatic heterocycles. The summed E-state index contributed by atoms with van der Waals surface area (Å²) in [7, 11) is 0. The molecule has 4 heteroatoms. The molecule has 1 aliphatic rings. The van der Waals surface area contributed by atoms with Gasteiger partial charge >= 0.3 is 0 Å². The second kappa shape index (κ2) is 5.14. The van der Waals surface area contributed by atoms with Crippen LogP contribution < -0.4 is 11.1 Å². The molecule has 1 saturated carbocycles. The van der Waals surface area contributed by atoms with Gasteiger partial charge in [-0.2, -0.15) is 0 Å². The summed E-state index contributed by atoms with van der Waals surface area (Å²) < 4.78 is 0. The summed E-state index contributed by atoms with van der Waals surface area (Å²) in [6.07, 6.45) is 6.46. The molecule has 0 unspecified atom stereocenters. The number of aromatic nitrogens is 2. The van der Waals surface area contributed by atoms with Gasteiger partial charge in [-0.25, -0.2) is 0 Å². The first-order valence-corrected chi connectivity index (χ1v) is 6.13. The van der Waals surface area contributed by atoms with E-state index in [9.17, 15) is 0 Å². The smallest absolute Gasteiger partial charge is 0.149 e. The Labute approximate surface area is 96.6 Å². The molecular formula is C12H20N4. The van der Waals surface area contributed by atoms with Crippen molar-refractivity contribution in [3.63, 3.8) is 0 Å². The fourth-order valence-corrected chi connectivity index (χ4v) is 2.34. The molecule has 1 heterocycles. The van der Waals surface area contributed by atoms with E-state index < -0.39 is 0 Å². The number of anilines is 2. The van der Waals surface area contributed by atoms with E-state index in [1.54, 1.807) is 6.07 Å². The van der Waals surface area contributed by atoms with Gasteiger partial charge in [-0.05, 0) is 43.7 Å². The van der Waals surface area contributed by atoms with Gasteiger partial charge in [0.2, 0.25) is 0 Å². The molecule has 0 bridgehead atoms. The fraction of sp³-hybridized carbons (Fsp3) is 0.667. The van der Waals surface area contributed by atoms with Crippen LogP contribution in [-0.2, 0) is 0 Å². The van der Waals surface area contributed by atoms with E-state index in [1.807, 2.05) is 6.07 Å². The molecule has 3 N–H and O–H groups in total. The lowest BCUT2D eigenvalue weighted by Gasteiger charge is -2.28. The van der Waals surface area contributed by atoms with Crippen molar-refractivity contribution < 1.29 is 0 Å². The van der Waals surface area contributed by atoms with Crippen LogP contribution in [0.1, 0.15) is 39.0 Å². The zero-order valence-electron chi connectivity index (χ0n) is 9.82. The molecule has 16 heavy (non-hydrogen) atoms. The lowest BCUT2D eigenvalue weighted by atomic mass is 9.84. The van der Waals surface area contributed by atoms with Gasteiger partial charge in [0, 0.05) is 6.04 Å². The van der Waals surface area contributed by atoms with Crippen molar-refractivity contribution in [1.82, 2.24) is 10.2 Å². The lowest BCUT2D eigenvalue weighted by molar-refractivity contribution is 0.329. The first kappa shape index (κ1) is 11.2. The van der Waals surface area contributed by atoms with Crippen LogP contribution in [0, 0.1) is 5.92 Å². The summed E-state index contributed by atoms with van der Waals surface area (Å²) in [6, 6.07) is 4.24. The standard InChI is InChI=1S/C12H20N4/c1-2-9-3-5-10(6-4-9)14-12-8-7-11(13)15-16-12/h7-10H,2-6H2,1H3,(H2,13,15)(H,14,16). The Morgan fingerprint density at radius 1 is 1.25 bits per heavy atom. The number of nitrogens with zero attached hydrogens (tertiary/aromatic N) is 2. The molecule has 0 radical (unpaired) electrons. The van der Waals surface area contributed by atoms with Crippen molar-refractivity contribution in [2.24, 2.45) is 5.92 Å². The summed E-state index contributed by atoms with van der Waals surface area (Å²) in [5.41, 5.74) is 5.49. The average Bonchev–Trinajstić information content (AvgIpc) is 2.33. The van der Waals surface area contributed by atoms with Crippen LogP contribution in [0.25, 0.3) is 0 Å². The van der Waals surface area contributed by atoms with Gasteiger partial charge in [-0.15, -0.1) is 10.2 Å². The molecule has 1 aliphatic carbocycles. The number of nitrogen functional groups attached to an aromatic ring is 1. The molecule has 0 spiro atoms. The van der Waals surface area contributed by atoms with Gasteiger partial charge in [-0.3, -0.25) is 0 Å². The van der Waals surface area contributed by atoms with Gasteiger partial charge in [0.1, 0.15) is 11.6 Å². The van der Waals surface area contributed by atoms with Crippen molar-refractivity contribution in [3.8, 4) is 0 Å². The third-order valence-electron chi connectivity index (χ3n) is 3.46. The van der Waals surface area contributed by atoms with E-state index in [-0.39, 0.29) is 0 Å². The van der Waals surface area contributed by atoms with Crippen LogP contribution in [0.15, 0.2) is 12.1 Å². The van der Waals surface area contributed by atoms with Crippen molar-refractivity contribution in [2.45, 2.75) is 45.1 Å². The number of rotatable bonds is 3. The highest BCUT2D eigenvalue weighted by Gasteiger charge is 2.19. The third kappa shape index (κ3) is 2.84. The Morgan fingerprint density at radius 3 is 2.56 bits per heavy atom. The van der Waals surface area contributed by atoms with Crippen molar-refractivity contribution in [3.05, 3.63) is 12.1 Å². The number of hydrogen-bond acceptors (Lipinski definition) is 4. The largest absolute Gasteiger partial charge is 0.382 e. The Kier molecular flexibility index (Phi) is 3.59. The van der Waals surface area contributed by atoms with Crippen LogP contribution in [0.5, 0.6) is 0 Å². The minimum absolute atomic E-state index is 0.472. The van der Waals surface area contributed by atoms with Crippen molar-refractivity contribution in [1.29, 1.82) is 0 Å². The summed E-state index contributed by atoms with van der Waals surface area (Å²) in [5.74, 6) is 2.24. The van der Waals surface area contributed by atoms with E-state index in [4.69, 9.17) is 5.73 Å². The maximum Gasteiger partial charge on any atom is 0.149 e. The SMILES string of the molecule is CCC1CCC(Nc2ccc(N)nn2)CC1. The first-order chi connectivity index (χ1) is 7.78. The van der Waals surface area contributed by atoms with Gasteiger partial charge in [0.15, 0.2) is 0 Å². The molecule has 2 rings (SSSR count). The topological polar surface area (TPSA) is 63.8 Å². The van der Waals surface area contributed by atoms with E-state index in [1.165, 1.54) is 32.1 Å². The second-order valence-electron chi connectivity index (χ2n) is 4.61. The molecule has 0 saturated heterocycles. The Hall–Kier alpha value is -1.32. The minimum Gasteiger partial charge on any atom is -0.382 e. The third-order valence-corrected chi connectivity index (χ3v) is 3.46. The highest BCUT2D eigenvalue weighted by atomic mass is 15.2. The minimum atomic E-state index is 0.472. The number of nitrogens with two attached hydrogens (primary N) is 1. The van der Waals surface area contributed by atoms with Crippen LogP contribution >= 0.6 is 0 Å². The predicted octanol–water partition coefficient (Wildman–Crippen LogP) is 2.44. The zero-order valence-corrected chi connectivity index (χ0v) is 9.82. The molecule has 88 valence electrons. The Bertz CT molecular complexity index is 314. The molecule has 0 aromatic carbocycles. The molecule has 0 atom stereocenters. The van der Waals surface area contributed by atoms with Crippen LogP contribution in [0.2, 0.25) is 0 Å². The van der Waals surface area contributed by atoms with Gasteiger partial charge < -0.3 is 11.1 Å². The maximum atomic E-state index is 5.49. The van der Waals surface area contributed by atoms with E-state index in [0.29, 0.717) is 11.9 Å². The van der Waals surface area contributed by atoms with Gasteiger partial charge in [0.05, 0.1) is 0 Å². The van der Waals surface area contributed by atoms with Crippen LogP contribution in [0.3, 0.4) is 0 Å². The highest BCUT2D eigenvalue weighted by Crippen LogP contribution is 2.27. The zero-order chi connectivity index (χ0) is 11.4. The lowest BCUT2D eigenvalue weighted by Crippen LogP contribution is -2.26. The summed E-state index contributed by atoms with van der Waals surface area (Å²) in [5, 5.41) is 11.3. The Morgan fingerprint density at radius 2 is 2.00 bits per heavy atom. The van der Waals surface area contributed by atoms with E-state index in [0.717, 1.165) is 11.7 Å². The first-order valence-electron chi connectivity index (χ1n) is 6.13. The monoisotopic (exact) mass is 220 g/mol. The predicted molar refractivity (Wildman–Crippen MR) is 66.1 cm³/mol. The number of nitrogens with one attached hydrogen (secondary N) is 1. The van der Waals surface area contributed by atoms with E-state index >= 15 is 0 Å². The van der Waals surface area contributed by atoms with Crippen LogP contribution in [0.4, 0.5) is 11.6 Å². The Balaban J connectivity index is 1.84. The van der Waals surface area contributed by atoms with E-state index in [2.05, 4.69) is 22.4 Å². The van der Waals surface area contributed by atoms with Crippen LogP contribution in [-0.4, -0.2) is 16.2 Å². The average molecular weight is 220 g/mol. The molecule has 4 nitrogen and oxygen atoms in total. The second-order valence-corrected chi connectivity index (χ2v) is 4.61. The molecular weight excluding hydrogens is 200 g/mol. The van der Waals surface area contributed by atoms with Crippen molar-refractivity contribution >= 4 is 11.6 Å². The quantitative estimate of drug-likeness (QED) is 0.821. The maximum absolute atomic E-state index is 5.49. The summed E-state index contributed by atoms with van der Waals surface area (Å²) >= 11 is 0. The molecule has 1 fully saturated rings. The highest BCUT2D eigenvalue weighted by molar-refractivity contribution is 5.39.